The number of hydrogen-bond donors (Lipinski definition) is 0. The second-order valence-corrected chi connectivity index (χ2v) is 11.5. The molecule has 3 aliphatic rings. The van der Waals surface area contributed by atoms with Gasteiger partial charge < -0.3 is 4.74 Å². The molecule has 0 radical (unpaired) electrons. The molecule has 1 nitrogen and oxygen atoms in total. The summed E-state index contributed by atoms with van der Waals surface area (Å²) in [6.45, 7) is 2.98. The molecule has 3 aliphatic carbocycles. The molecule has 0 N–H and O–H groups in total. The monoisotopic (exact) mass is 440 g/mol. The summed E-state index contributed by atoms with van der Waals surface area (Å²) in [5, 5.41) is 0. The zero-order valence-electron chi connectivity index (χ0n) is 17.2. The van der Waals surface area contributed by atoms with Crippen molar-refractivity contribution >= 4 is 10.2 Å². The Labute approximate surface area is 171 Å². The molecule has 7 heteroatoms. The van der Waals surface area contributed by atoms with Crippen LogP contribution in [0.4, 0.5) is 19.4 Å². The van der Waals surface area contributed by atoms with E-state index in [0.717, 1.165) is 57.1 Å². The first-order valence-electron chi connectivity index (χ1n) is 10.9. The standard InChI is InChI=1S/C22H33F5OS/c1-2-3-4-5-6-7-18-28-22-15-12-21(13-16-22,14-17-22)19-8-10-20(11-9-19)29(23,24,25,26)27/h8-11H,2-7,12-18H2,1H3. The van der Waals surface area contributed by atoms with E-state index >= 15 is 0 Å². The van der Waals surface area contributed by atoms with Gasteiger partial charge in [-0.2, -0.15) is 0 Å². The summed E-state index contributed by atoms with van der Waals surface area (Å²) in [5.41, 5.74) is 0.476. The molecule has 0 heterocycles. The van der Waals surface area contributed by atoms with Crippen molar-refractivity contribution in [1.82, 2.24) is 0 Å². The van der Waals surface area contributed by atoms with E-state index in [0.29, 0.717) is 12.1 Å². The highest BCUT2D eigenvalue weighted by Gasteiger charge is 2.65. The van der Waals surface area contributed by atoms with Crippen LogP contribution < -0.4 is 0 Å². The molecule has 29 heavy (non-hydrogen) atoms. The van der Waals surface area contributed by atoms with Crippen LogP contribution in [0.2, 0.25) is 0 Å². The fraction of sp³-hybridized carbons (Fsp3) is 0.727. The Kier molecular flexibility index (Phi) is 5.83. The van der Waals surface area contributed by atoms with Gasteiger partial charge in [0, 0.05) is 6.61 Å². The van der Waals surface area contributed by atoms with Crippen molar-refractivity contribution in [2.45, 2.75) is 99.9 Å². The molecule has 0 saturated heterocycles. The Morgan fingerprint density at radius 3 is 1.79 bits per heavy atom. The van der Waals surface area contributed by atoms with Gasteiger partial charge in [0.05, 0.1) is 5.60 Å². The highest BCUT2D eigenvalue weighted by molar-refractivity contribution is 8.45. The predicted molar refractivity (Wildman–Crippen MR) is 109 cm³/mol. The van der Waals surface area contributed by atoms with Gasteiger partial charge in [0.15, 0.2) is 0 Å². The summed E-state index contributed by atoms with van der Waals surface area (Å²) >= 11 is 0. The molecule has 3 fully saturated rings. The van der Waals surface area contributed by atoms with Gasteiger partial charge in [0.1, 0.15) is 4.90 Å². The second kappa shape index (κ2) is 7.40. The molecule has 0 amide bonds. The molecule has 0 aliphatic heterocycles. The van der Waals surface area contributed by atoms with Crippen LogP contribution in [-0.2, 0) is 10.2 Å². The lowest BCUT2D eigenvalue weighted by atomic mass is 9.56. The molecule has 2 bridgehead atoms. The lowest BCUT2D eigenvalue weighted by molar-refractivity contribution is -0.119. The maximum atomic E-state index is 13.0. The van der Waals surface area contributed by atoms with Crippen molar-refractivity contribution in [3.63, 3.8) is 0 Å². The average Bonchev–Trinajstić information content (AvgIpc) is 2.67. The summed E-state index contributed by atoms with van der Waals surface area (Å²) in [4.78, 5) is -1.80. The summed E-state index contributed by atoms with van der Waals surface area (Å²) < 4.78 is 71.2. The fourth-order valence-corrected chi connectivity index (χ4v) is 5.69. The summed E-state index contributed by atoms with van der Waals surface area (Å²) in [5.74, 6) is 0. The van der Waals surface area contributed by atoms with Gasteiger partial charge in [-0.1, -0.05) is 70.6 Å². The number of halogens is 5. The molecule has 0 atom stereocenters. The molecule has 0 spiro atoms. The number of fused-ring (bicyclic) bond motifs is 3. The van der Waals surface area contributed by atoms with Gasteiger partial charge in [-0.3, -0.25) is 0 Å². The van der Waals surface area contributed by atoms with Crippen LogP contribution in [0.1, 0.15) is 89.5 Å². The number of benzene rings is 1. The zero-order valence-corrected chi connectivity index (χ0v) is 18.0. The first-order valence-corrected chi connectivity index (χ1v) is 12.8. The van der Waals surface area contributed by atoms with Crippen molar-refractivity contribution in [1.29, 1.82) is 0 Å². The number of hydrogen-bond acceptors (Lipinski definition) is 1. The van der Waals surface area contributed by atoms with Crippen LogP contribution in [0.25, 0.3) is 0 Å². The lowest BCUT2D eigenvalue weighted by Gasteiger charge is -2.53. The Morgan fingerprint density at radius 1 is 0.759 bits per heavy atom. The summed E-state index contributed by atoms with van der Waals surface area (Å²) in [7, 11) is -9.60. The Balaban J connectivity index is 1.54. The van der Waals surface area contributed by atoms with Crippen LogP contribution in [0, 0.1) is 0 Å². The molecule has 0 aromatic heterocycles. The Hall–Kier alpha value is -0.820. The van der Waals surface area contributed by atoms with Gasteiger partial charge in [-0.25, -0.2) is 0 Å². The van der Waals surface area contributed by atoms with Crippen molar-refractivity contribution < 1.29 is 24.2 Å². The van der Waals surface area contributed by atoms with E-state index in [1.54, 1.807) is 0 Å². The van der Waals surface area contributed by atoms with E-state index in [-0.39, 0.29) is 11.0 Å². The van der Waals surface area contributed by atoms with Crippen LogP contribution in [0.15, 0.2) is 29.2 Å². The van der Waals surface area contributed by atoms with Gasteiger partial charge in [-0.05, 0) is 68.1 Å². The Morgan fingerprint density at radius 2 is 1.28 bits per heavy atom. The predicted octanol–water partition coefficient (Wildman–Crippen LogP) is 9.07. The smallest absolute Gasteiger partial charge is 0.310 e. The molecule has 1 aromatic carbocycles. The number of unbranched alkanes of at least 4 members (excludes halogenated alkanes) is 5. The minimum absolute atomic E-state index is 0.0883. The van der Waals surface area contributed by atoms with E-state index in [4.69, 9.17) is 4.74 Å². The third kappa shape index (κ3) is 5.46. The van der Waals surface area contributed by atoms with E-state index in [1.807, 2.05) is 0 Å². The van der Waals surface area contributed by atoms with Crippen molar-refractivity contribution in [3.8, 4) is 0 Å². The summed E-state index contributed by atoms with van der Waals surface area (Å²) in [6.07, 6.45) is 12.6. The maximum absolute atomic E-state index is 13.0. The average molecular weight is 441 g/mol. The normalized spacial score (nSPS) is 29.4. The van der Waals surface area contributed by atoms with Gasteiger partial charge in [-0.15, -0.1) is 0 Å². The fourth-order valence-electron chi connectivity index (χ4n) is 5.04. The second-order valence-electron chi connectivity index (χ2n) is 9.07. The van der Waals surface area contributed by atoms with Crippen molar-refractivity contribution in [2.75, 3.05) is 6.61 Å². The van der Waals surface area contributed by atoms with Crippen molar-refractivity contribution in [3.05, 3.63) is 29.8 Å². The highest BCUT2D eigenvalue weighted by atomic mass is 32.5. The van der Waals surface area contributed by atoms with E-state index in [2.05, 4.69) is 6.92 Å². The van der Waals surface area contributed by atoms with E-state index in [9.17, 15) is 19.4 Å². The quantitative estimate of drug-likeness (QED) is 0.260. The van der Waals surface area contributed by atoms with Gasteiger partial charge >= 0.3 is 10.2 Å². The third-order valence-electron chi connectivity index (χ3n) is 7.00. The van der Waals surface area contributed by atoms with Crippen LogP contribution in [0.3, 0.4) is 0 Å². The van der Waals surface area contributed by atoms with Crippen LogP contribution in [-0.4, -0.2) is 12.2 Å². The van der Waals surface area contributed by atoms with E-state index in [1.165, 1.54) is 44.2 Å². The third-order valence-corrected chi connectivity index (χ3v) is 8.16. The molecule has 168 valence electrons. The first kappa shape index (κ1) is 22.9. The maximum Gasteiger partial charge on any atom is 0.310 e. The van der Waals surface area contributed by atoms with Crippen LogP contribution in [0.5, 0.6) is 0 Å². The Bertz CT molecular complexity index is 674. The van der Waals surface area contributed by atoms with Crippen LogP contribution >= 0.6 is 10.2 Å². The number of rotatable bonds is 10. The molecule has 4 rings (SSSR count). The SMILES string of the molecule is CCCCCCCCOC12CCC(c3ccc(S(F)(F)(F)(F)F)cc3)(CC1)CC2. The minimum Gasteiger partial charge on any atom is -0.375 e. The minimum atomic E-state index is -9.60. The molecular weight excluding hydrogens is 407 g/mol. The van der Waals surface area contributed by atoms with E-state index < -0.39 is 15.1 Å². The molecule has 0 unspecified atom stereocenters. The summed E-state index contributed by atoms with van der Waals surface area (Å²) in [6, 6.07) is 3.67. The number of ether oxygens (including phenoxy) is 1. The molecule has 1 aromatic rings. The van der Waals surface area contributed by atoms with Crippen molar-refractivity contribution in [2.24, 2.45) is 0 Å². The topological polar surface area (TPSA) is 9.23 Å². The lowest BCUT2D eigenvalue weighted by Crippen LogP contribution is -2.49. The molecule has 3 saturated carbocycles. The highest BCUT2D eigenvalue weighted by Crippen LogP contribution is 3.02. The van der Waals surface area contributed by atoms with Gasteiger partial charge in [0.2, 0.25) is 0 Å². The largest absolute Gasteiger partial charge is 0.375 e. The zero-order chi connectivity index (χ0) is 21.3. The van der Waals surface area contributed by atoms with Gasteiger partial charge in [0.25, 0.3) is 0 Å². The first-order chi connectivity index (χ1) is 13.4. The molecular formula is C22H33F5OS.